The summed E-state index contributed by atoms with van der Waals surface area (Å²) in [4.78, 5) is 11.2. The van der Waals surface area contributed by atoms with E-state index in [4.69, 9.17) is 5.73 Å². The molecule has 0 aliphatic heterocycles. The van der Waals surface area contributed by atoms with Crippen LogP contribution in [0.1, 0.15) is 11.1 Å². The van der Waals surface area contributed by atoms with Gasteiger partial charge in [0.2, 0.25) is 0 Å². The van der Waals surface area contributed by atoms with Crippen molar-refractivity contribution in [1.82, 2.24) is 0 Å². The van der Waals surface area contributed by atoms with Crippen molar-refractivity contribution in [1.29, 1.82) is 0 Å². The lowest BCUT2D eigenvalue weighted by molar-refractivity contribution is -0.139. The molecule has 3 nitrogen and oxygen atoms in total. The van der Waals surface area contributed by atoms with Crippen LogP contribution in [0.4, 0.5) is 0 Å². The van der Waals surface area contributed by atoms with E-state index < -0.39 is 0 Å². The van der Waals surface area contributed by atoms with E-state index in [9.17, 15) is 4.79 Å². The Labute approximate surface area is 125 Å². The molecule has 0 spiro atoms. The van der Waals surface area contributed by atoms with E-state index in [2.05, 4.69) is 16.9 Å². The largest absolute Gasteiger partial charge is 0.469 e. The lowest BCUT2D eigenvalue weighted by Gasteiger charge is -2.05. The third-order valence-corrected chi connectivity index (χ3v) is 3.03. The molecule has 0 fully saturated rings. The number of ether oxygens (including phenoxy) is 1. The van der Waals surface area contributed by atoms with Crippen LogP contribution in [0.2, 0.25) is 0 Å². The van der Waals surface area contributed by atoms with Gasteiger partial charge in [0.1, 0.15) is 0 Å². The van der Waals surface area contributed by atoms with Gasteiger partial charge in [0.25, 0.3) is 0 Å². The molecule has 20 heavy (non-hydrogen) atoms. The van der Waals surface area contributed by atoms with Crippen LogP contribution in [-0.2, 0) is 22.5 Å². The standard InChI is InChI=1S/C16H17NO2.ClH/c1-19-16(18)10-12-5-7-14(8-6-12)15-4-2-3-13(9-15)11-17;/h2-9H,10-11,17H2,1H3;1H. The van der Waals surface area contributed by atoms with Crippen molar-refractivity contribution in [2.24, 2.45) is 5.73 Å². The first kappa shape index (κ1) is 16.2. The smallest absolute Gasteiger partial charge is 0.309 e. The van der Waals surface area contributed by atoms with Crippen molar-refractivity contribution in [3.63, 3.8) is 0 Å². The van der Waals surface area contributed by atoms with Crippen molar-refractivity contribution < 1.29 is 9.53 Å². The van der Waals surface area contributed by atoms with Crippen molar-refractivity contribution >= 4 is 18.4 Å². The molecule has 2 aromatic carbocycles. The second kappa shape index (κ2) is 7.68. The predicted octanol–water partition coefficient (Wildman–Crippen LogP) is 2.95. The Morgan fingerprint density at radius 3 is 2.35 bits per heavy atom. The van der Waals surface area contributed by atoms with E-state index in [1.165, 1.54) is 7.11 Å². The molecule has 0 atom stereocenters. The van der Waals surface area contributed by atoms with Gasteiger partial charge in [-0.15, -0.1) is 12.4 Å². The Bertz CT molecular complexity index is 567. The fourth-order valence-electron chi connectivity index (χ4n) is 1.93. The van der Waals surface area contributed by atoms with Crippen molar-refractivity contribution in [2.45, 2.75) is 13.0 Å². The summed E-state index contributed by atoms with van der Waals surface area (Å²) in [6.45, 7) is 0.536. The van der Waals surface area contributed by atoms with E-state index in [0.717, 1.165) is 22.3 Å². The highest BCUT2D eigenvalue weighted by atomic mass is 35.5. The van der Waals surface area contributed by atoms with Crippen LogP contribution in [0.15, 0.2) is 48.5 Å². The van der Waals surface area contributed by atoms with Gasteiger partial charge in [0.05, 0.1) is 13.5 Å². The summed E-state index contributed by atoms with van der Waals surface area (Å²) in [5.41, 5.74) is 9.94. The first-order valence-corrected chi connectivity index (χ1v) is 6.18. The molecule has 4 heteroatoms. The number of carbonyl (C=O) groups excluding carboxylic acids is 1. The molecule has 2 rings (SSSR count). The van der Waals surface area contributed by atoms with Crippen LogP contribution < -0.4 is 5.73 Å². The third-order valence-electron chi connectivity index (χ3n) is 3.03. The molecule has 2 N–H and O–H groups in total. The molecule has 0 bridgehead atoms. The number of esters is 1. The van der Waals surface area contributed by atoms with Gasteiger partial charge < -0.3 is 10.5 Å². The molecule has 0 saturated carbocycles. The lowest BCUT2D eigenvalue weighted by atomic mass is 10.0. The van der Waals surface area contributed by atoms with E-state index in [1.54, 1.807) is 0 Å². The summed E-state index contributed by atoms with van der Waals surface area (Å²) in [7, 11) is 1.40. The molecule has 0 saturated heterocycles. The summed E-state index contributed by atoms with van der Waals surface area (Å²) in [6, 6.07) is 16.0. The summed E-state index contributed by atoms with van der Waals surface area (Å²) < 4.78 is 4.65. The zero-order valence-electron chi connectivity index (χ0n) is 11.3. The molecule has 0 aliphatic rings. The van der Waals surface area contributed by atoms with Gasteiger partial charge in [-0.3, -0.25) is 4.79 Å². The van der Waals surface area contributed by atoms with Gasteiger partial charge in [-0.1, -0.05) is 42.5 Å². The van der Waals surface area contributed by atoms with Gasteiger partial charge in [0, 0.05) is 6.54 Å². The van der Waals surface area contributed by atoms with Crippen molar-refractivity contribution in [3.05, 3.63) is 59.7 Å². The Hall–Kier alpha value is -1.84. The maximum Gasteiger partial charge on any atom is 0.309 e. The second-order valence-electron chi connectivity index (χ2n) is 4.35. The maximum absolute atomic E-state index is 11.2. The zero-order valence-corrected chi connectivity index (χ0v) is 12.2. The number of rotatable bonds is 4. The molecule has 2 aromatic rings. The van der Waals surface area contributed by atoms with Crippen LogP contribution in [-0.4, -0.2) is 13.1 Å². The van der Waals surface area contributed by atoms with E-state index in [1.807, 2.05) is 36.4 Å². The maximum atomic E-state index is 11.2. The Kier molecular flexibility index (Phi) is 6.22. The average molecular weight is 292 g/mol. The second-order valence-corrected chi connectivity index (χ2v) is 4.35. The van der Waals surface area contributed by atoms with Crippen molar-refractivity contribution in [3.8, 4) is 11.1 Å². The molecule has 0 unspecified atom stereocenters. The molecule has 106 valence electrons. The third kappa shape index (κ3) is 4.08. The first-order chi connectivity index (χ1) is 9.22. The summed E-state index contributed by atoms with van der Waals surface area (Å²) in [5, 5.41) is 0. The zero-order chi connectivity index (χ0) is 13.7. The molecule has 0 aromatic heterocycles. The van der Waals surface area contributed by atoms with Gasteiger partial charge in [-0.2, -0.15) is 0 Å². The number of methoxy groups -OCH3 is 1. The lowest BCUT2D eigenvalue weighted by Crippen LogP contribution is -2.04. The minimum Gasteiger partial charge on any atom is -0.469 e. The van der Waals surface area contributed by atoms with Crippen molar-refractivity contribution in [2.75, 3.05) is 7.11 Å². The fourth-order valence-corrected chi connectivity index (χ4v) is 1.93. The molecule has 0 radical (unpaired) electrons. The van der Waals surface area contributed by atoms with Crippen LogP contribution >= 0.6 is 12.4 Å². The number of hydrogen-bond donors (Lipinski definition) is 1. The van der Waals surface area contributed by atoms with Crippen LogP contribution in [0.3, 0.4) is 0 Å². The summed E-state index contributed by atoms with van der Waals surface area (Å²) >= 11 is 0. The normalized spacial score (nSPS) is 9.70. The number of nitrogens with two attached hydrogens (primary N) is 1. The molecular weight excluding hydrogens is 274 g/mol. The number of carbonyl (C=O) groups is 1. The summed E-state index contributed by atoms with van der Waals surface area (Å²) in [6.07, 6.45) is 0.305. The SMILES string of the molecule is COC(=O)Cc1ccc(-c2cccc(CN)c2)cc1.Cl. The Morgan fingerprint density at radius 2 is 1.75 bits per heavy atom. The topological polar surface area (TPSA) is 52.3 Å². The minimum atomic E-state index is -0.224. The Balaban J connectivity index is 0.00000200. The van der Waals surface area contributed by atoms with Gasteiger partial charge in [-0.25, -0.2) is 0 Å². The first-order valence-electron chi connectivity index (χ1n) is 6.18. The highest BCUT2D eigenvalue weighted by molar-refractivity contribution is 5.85. The van der Waals surface area contributed by atoms with Crippen LogP contribution in [0, 0.1) is 0 Å². The van der Waals surface area contributed by atoms with Gasteiger partial charge in [0.15, 0.2) is 0 Å². The number of benzene rings is 2. The van der Waals surface area contributed by atoms with E-state index in [0.29, 0.717) is 13.0 Å². The Morgan fingerprint density at radius 1 is 1.05 bits per heavy atom. The molecule has 0 aliphatic carbocycles. The molecule has 0 amide bonds. The molecular formula is C16H18ClNO2. The van der Waals surface area contributed by atoms with Gasteiger partial charge >= 0.3 is 5.97 Å². The van der Waals surface area contributed by atoms with E-state index >= 15 is 0 Å². The van der Waals surface area contributed by atoms with E-state index in [-0.39, 0.29) is 18.4 Å². The minimum absolute atomic E-state index is 0. The fraction of sp³-hybridized carbons (Fsp3) is 0.188. The number of halogens is 1. The van der Waals surface area contributed by atoms with Crippen LogP contribution in [0.5, 0.6) is 0 Å². The quantitative estimate of drug-likeness (QED) is 0.881. The van der Waals surface area contributed by atoms with Gasteiger partial charge in [-0.05, 0) is 28.3 Å². The van der Waals surface area contributed by atoms with Crippen LogP contribution in [0.25, 0.3) is 11.1 Å². The highest BCUT2D eigenvalue weighted by Crippen LogP contribution is 2.21. The monoisotopic (exact) mass is 291 g/mol. The predicted molar refractivity (Wildman–Crippen MR) is 82.7 cm³/mol. The average Bonchev–Trinajstić information content (AvgIpc) is 2.48. The summed E-state index contributed by atoms with van der Waals surface area (Å²) in [5.74, 6) is -0.224. The number of hydrogen-bond acceptors (Lipinski definition) is 3. The highest BCUT2D eigenvalue weighted by Gasteiger charge is 2.03. The molecule has 0 heterocycles.